The molecule has 0 saturated heterocycles. The Morgan fingerprint density at radius 2 is 1.19 bits per heavy atom. The van der Waals surface area contributed by atoms with Gasteiger partial charge in [0, 0.05) is 23.7 Å². The molecule has 0 aliphatic heterocycles. The lowest BCUT2D eigenvalue weighted by molar-refractivity contribution is 0.581. The highest BCUT2D eigenvalue weighted by Crippen LogP contribution is 2.50. The van der Waals surface area contributed by atoms with Crippen LogP contribution in [0.5, 0.6) is 0 Å². The third kappa shape index (κ3) is 3.81. The molecule has 0 amide bonds. The Kier molecular flexibility index (Phi) is 5.65. The minimum atomic E-state index is 0.430. The molecule has 0 nitrogen and oxygen atoms in total. The maximum absolute atomic E-state index is 2.56. The summed E-state index contributed by atoms with van der Waals surface area (Å²) in [6, 6.07) is 16.5. The molecular formula is C42H36. The monoisotopic (exact) mass is 540 g/mol. The summed E-state index contributed by atoms with van der Waals surface area (Å²) in [6.45, 7) is 0. The van der Waals surface area contributed by atoms with Gasteiger partial charge >= 0.3 is 0 Å². The fraction of sp³-hybridized carbons (Fsp3) is 0.238. The first-order valence-electron chi connectivity index (χ1n) is 16.0. The van der Waals surface area contributed by atoms with E-state index in [1.165, 1.54) is 70.2 Å². The summed E-state index contributed by atoms with van der Waals surface area (Å²) in [5.41, 5.74) is 17.8. The highest BCUT2D eigenvalue weighted by atomic mass is 14.4. The summed E-state index contributed by atoms with van der Waals surface area (Å²) in [5.74, 6) is 1.86. The van der Waals surface area contributed by atoms with Crippen LogP contribution in [0.2, 0.25) is 0 Å². The van der Waals surface area contributed by atoms with Crippen LogP contribution >= 0.6 is 0 Å². The Morgan fingerprint density at radius 1 is 0.500 bits per heavy atom. The van der Waals surface area contributed by atoms with Crippen molar-refractivity contribution in [1.82, 2.24) is 0 Å². The van der Waals surface area contributed by atoms with E-state index in [1.807, 2.05) is 0 Å². The van der Waals surface area contributed by atoms with Gasteiger partial charge in [0.1, 0.15) is 0 Å². The van der Waals surface area contributed by atoms with E-state index in [1.54, 1.807) is 22.3 Å². The molecule has 7 aliphatic rings. The van der Waals surface area contributed by atoms with Crippen molar-refractivity contribution in [3.63, 3.8) is 0 Å². The molecule has 0 saturated carbocycles. The molecule has 204 valence electrons. The molecule has 4 atom stereocenters. The molecule has 0 spiro atoms. The molecule has 9 rings (SSSR count). The van der Waals surface area contributed by atoms with Crippen molar-refractivity contribution in [2.75, 3.05) is 0 Å². The van der Waals surface area contributed by atoms with Crippen LogP contribution in [0.1, 0.15) is 61.1 Å². The third-order valence-corrected chi connectivity index (χ3v) is 10.8. The fourth-order valence-corrected chi connectivity index (χ4v) is 8.66. The van der Waals surface area contributed by atoms with Crippen LogP contribution in [-0.2, 0) is 0 Å². The number of allylic oxidation sites excluding steroid dienone is 19. The third-order valence-electron chi connectivity index (χ3n) is 10.8. The minimum absolute atomic E-state index is 0.430. The van der Waals surface area contributed by atoms with Gasteiger partial charge in [0.15, 0.2) is 0 Å². The number of benzene rings is 2. The molecule has 0 fully saturated rings. The molecule has 0 bridgehead atoms. The average molecular weight is 541 g/mol. The molecule has 0 heterocycles. The topological polar surface area (TPSA) is 0 Å². The molecule has 2 aromatic carbocycles. The van der Waals surface area contributed by atoms with Gasteiger partial charge < -0.3 is 0 Å². The van der Waals surface area contributed by atoms with Gasteiger partial charge in [-0.1, -0.05) is 115 Å². The number of hydrogen-bond acceptors (Lipinski definition) is 0. The zero-order valence-electron chi connectivity index (χ0n) is 24.1. The first-order chi connectivity index (χ1) is 20.8. The van der Waals surface area contributed by atoms with E-state index >= 15 is 0 Å². The minimum Gasteiger partial charge on any atom is -0.0839 e. The van der Waals surface area contributed by atoms with E-state index in [9.17, 15) is 0 Å². The van der Waals surface area contributed by atoms with Gasteiger partial charge in [0.2, 0.25) is 0 Å². The van der Waals surface area contributed by atoms with Crippen molar-refractivity contribution in [3.05, 3.63) is 166 Å². The van der Waals surface area contributed by atoms with E-state index in [0.29, 0.717) is 23.7 Å². The SMILES string of the molecule is C1=CC2C3=C(CCC=C3)C3=C(C=C(c4ccc(-c5ccc6c(c5)C5C=CC7=C(C=CCC7)C5C=C6)cc4)CC3)C2C=C1. The van der Waals surface area contributed by atoms with Crippen LogP contribution in [0.25, 0.3) is 22.8 Å². The fourth-order valence-electron chi connectivity index (χ4n) is 8.66. The highest BCUT2D eigenvalue weighted by molar-refractivity contribution is 5.77. The predicted molar refractivity (Wildman–Crippen MR) is 177 cm³/mol. The standard InChI is InChI=1S/C42H36/c1-2-8-33-29(7-1)19-23-39-38(33)22-20-30-17-18-31(25-41(30)39)27-13-15-28(16-14-27)32-21-24-40-36-11-4-3-9-34(36)35-10-5-6-12-37(35)42(40)26-32/h2-3,5-6,8-10,12-20,22-23,25-26,35,37-39H,1,4,7,11,21,24H2. The Morgan fingerprint density at radius 3 is 2.07 bits per heavy atom. The molecule has 42 heavy (non-hydrogen) atoms. The molecule has 0 N–H and O–H groups in total. The number of hydrogen-bond donors (Lipinski definition) is 0. The second-order valence-electron chi connectivity index (χ2n) is 12.9. The normalized spacial score (nSPS) is 28.1. The van der Waals surface area contributed by atoms with Gasteiger partial charge in [-0.15, -0.1) is 0 Å². The van der Waals surface area contributed by atoms with Crippen molar-refractivity contribution in [2.24, 2.45) is 17.8 Å². The molecule has 0 radical (unpaired) electrons. The molecule has 4 unspecified atom stereocenters. The lowest BCUT2D eigenvalue weighted by Gasteiger charge is -2.39. The van der Waals surface area contributed by atoms with Gasteiger partial charge in [0.05, 0.1) is 0 Å². The smallest absolute Gasteiger partial charge is 0.0131 e. The molecule has 0 heteroatoms. The largest absolute Gasteiger partial charge is 0.0839 e. The van der Waals surface area contributed by atoms with Crippen LogP contribution in [0.15, 0.2) is 149 Å². The second-order valence-corrected chi connectivity index (χ2v) is 12.9. The van der Waals surface area contributed by atoms with E-state index in [-0.39, 0.29) is 0 Å². The average Bonchev–Trinajstić information content (AvgIpc) is 3.07. The van der Waals surface area contributed by atoms with Crippen molar-refractivity contribution in [3.8, 4) is 11.1 Å². The summed E-state index contributed by atoms with van der Waals surface area (Å²) in [4.78, 5) is 0. The zero-order valence-corrected chi connectivity index (χ0v) is 24.1. The second kappa shape index (κ2) is 9.70. The Labute approximate surface area is 249 Å². The molecule has 7 aliphatic carbocycles. The lowest BCUT2D eigenvalue weighted by Crippen LogP contribution is -2.26. The summed E-state index contributed by atoms with van der Waals surface area (Å²) in [7, 11) is 0. The summed E-state index contributed by atoms with van der Waals surface area (Å²) in [5, 5.41) is 0. The quantitative estimate of drug-likeness (QED) is 0.355. The van der Waals surface area contributed by atoms with Gasteiger partial charge in [-0.25, -0.2) is 0 Å². The number of fused-ring (bicyclic) bond motifs is 8. The van der Waals surface area contributed by atoms with Gasteiger partial charge in [0.25, 0.3) is 0 Å². The predicted octanol–water partition coefficient (Wildman–Crippen LogP) is 10.8. The van der Waals surface area contributed by atoms with Crippen LogP contribution in [-0.4, -0.2) is 0 Å². The Bertz CT molecular complexity index is 1810. The van der Waals surface area contributed by atoms with Crippen molar-refractivity contribution >= 4 is 11.6 Å². The molecular weight excluding hydrogens is 504 g/mol. The van der Waals surface area contributed by atoms with E-state index in [2.05, 4.69) is 121 Å². The first-order valence-corrected chi connectivity index (χ1v) is 16.0. The highest BCUT2D eigenvalue weighted by Gasteiger charge is 2.36. The van der Waals surface area contributed by atoms with Crippen LogP contribution in [0, 0.1) is 17.8 Å². The van der Waals surface area contributed by atoms with Crippen molar-refractivity contribution in [2.45, 2.75) is 44.4 Å². The summed E-state index contributed by atoms with van der Waals surface area (Å²) in [6.07, 6.45) is 38.1. The first kappa shape index (κ1) is 24.4. The van der Waals surface area contributed by atoms with Gasteiger partial charge in [-0.3, -0.25) is 0 Å². The van der Waals surface area contributed by atoms with E-state index in [4.69, 9.17) is 0 Å². The van der Waals surface area contributed by atoms with Gasteiger partial charge in [-0.05, 0) is 111 Å². The summed E-state index contributed by atoms with van der Waals surface area (Å²) < 4.78 is 0. The van der Waals surface area contributed by atoms with Crippen molar-refractivity contribution < 1.29 is 0 Å². The Balaban J connectivity index is 1.03. The Hall–Kier alpha value is -4.16. The van der Waals surface area contributed by atoms with Gasteiger partial charge in [-0.2, -0.15) is 0 Å². The van der Waals surface area contributed by atoms with Crippen LogP contribution in [0.4, 0.5) is 0 Å². The summed E-state index contributed by atoms with van der Waals surface area (Å²) >= 11 is 0. The van der Waals surface area contributed by atoms with E-state index < -0.39 is 0 Å². The number of rotatable bonds is 2. The molecule has 0 aromatic heterocycles. The van der Waals surface area contributed by atoms with Crippen LogP contribution in [0.3, 0.4) is 0 Å². The maximum Gasteiger partial charge on any atom is 0.0131 e. The van der Waals surface area contributed by atoms with E-state index in [0.717, 1.165) is 12.8 Å². The van der Waals surface area contributed by atoms with Crippen molar-refractivity contribution in [1.29, 1.82) is 0 Å². The maximum atomic E-state index is 2.56. The lowest BCUT2D eigenvalue weighted by atomic mass is 9.65. The van der Waals surface area contributed by atoms with Crippen LogP contribution < -0.4 is 0 Å². The molecule has 2 aromatic rings. The zero-order chi connectivity index (χ0) is 27.6.